The fraction of sp³-hybridized carbons (Fsp3) is 0.0938. The van der Waals surface area contributed by atoms with Crippen LogP contribution in [-0.2, 0) is 0 Å². The minimum atomic E-state index is 1.11. The summed E-state index contributed by atoms with van der Waals surface area (Å²) in [7, 11) is 0. The maximum absolute atomic E-state index is 2.45. The molecule has 0 radical (unpaired) electrons. The largest absolute Gasteiger partial charge is 0.310 e. The van der Waals surface area contributed by atoms with Crippen LogP contribution in [0.2, 0.25) is 0 Å². The molecule has 0 aliphatic heterocycles. The third-order valence-electron chi connectivity index (χ3n) is 13.2. The van der Waals surface area contributed by atoms with Crippen LogP contribution in [0.3, 0.4) is 0 Å². The van der Waals surface area contributed by atoms with Crippen LogP contribution in [0.25, 0.3) is 65.3 Å². The van der Waals surface area contributed by atoms with Crippen molar-refractivity contribution in [2.45, 2.75) is 41.5 Å². The summed E-state index contributed by atoms with van der Waals surface area (Å²) in [5, 5.41) is 9.73. The highest BCUT2D eigenvalue weighted by atomic mass is 15.1. The van der Waals surface area contributed by atoms with Crippen LogP contribution in [-0.4, -0.2) is 0 Å². The second-order valence-corrected chi connectivity index (χ2v) is 18.4. The quantitative estimate of drug-likeness (QED) is 0.141. The highest BCUT2D eigenvalue weighted by Gasteiger charge is 2.23. The lowest BCUT2D eigenvalue weighted by atomic mass is 9.84. The summed E-state index contributed by atoms with van der Waals surface area (Å²) in [5.74, 6) is 0. The molecule has 2 nitrogen and oxygen atoms in total. The van der Waals surface area contributed by atoms with Gasteiger partial charge in [0, 0.05) is 34.1 Å². The van der Waals surface area contributed by atoms with Crippen molar-refractivity contribution in [2.75, 3.05) is 9.80 Å². The zero-order valence-electron chi connectivity index (χ0n) is 38.5. The Kier molecular flexibility index (Phi) is 10.2. The van der Waals surface area contributed by atoms with Gasteiger partial charge in [0.2, 0.25) is 0 Å². The van der Waals surface area contributed by atoms with Gasteiger partial charge in [0.25, 0.3) is 0 Å². The molecule has 0 atom stereocenters. The fourth-order valence-corrected chi connectivity index (χ4v) is 10.2. The van der Waals surface area contributed by atoms with E-state index in [2.05, 4.69) is 258 Å². The Labute approximate surface area is 388 Å². The van der Waals surface area contributed by atoms with Crippen molar-refractivity contribution in [2.24, 2.45) is 0 Å². The molecule has 11 aromatic carbocycles. The average molecular weight is 849 g/mol. The summed E-state index contributed by atoms with van der Waals surface area (Å²) in [6.45, 7) is 13.1. The Hall–Kier alpha value is -7.94. The molecule has 0 aliphatic rings. The van der Waals surface area contributed by atoms with E-state index in [1.54, 1.807) is 0 Å². The number of nitrogens with zero attached hydrogens (tertiary/aromatic N) is 2. The van der Waals surface area contributed by atoms with E-state index in [0.717, 1.165) is 34.1 Å². The number of hydrogen-bond acceptors (Lipinski definition) is 2. The van der Waals surface area contributed by atoms with Crippen LogP contribution in [0, 0.1) is 41.5 Å². The lowest BCUT2D eigenvalue weighted by Gasteiger charge is -2.29. The van der Waals surface area contributed by atoms with E-state index >= 15 is 0 Å². The van der Waals surface area contributed by atoms with Gasteiger partial charge in [-0.15, -0.1) is 0 Å². The van der Waals surface area contributed by atoms with Crippen molar-refractivity contribution >= 4 is 77.2 Å². The number of fused-ring (bicyclic) bond motifs is 4. The summed E-state index contributed by atoms with van der Waals surface area (Å²) in [6.07, 6.45) is 0. The number of benzene rings is 11. The first-order chi connectivity index (χ1) is 32.1. The average Bonchev–Trinajstić information content (AvgIpc) is 3.31. The molecule has 0 N–H and O–H groups in total. The smallest absolute Gasteiger partial charge is 0.0468 e. The molecule has 66 heavy (non-hydrogen) atoms. The fourth-order valence-electron chi connectivity index (χ4n) is 10.2. The van der Waals surface area contributed by atoms with Gasteiger partial charge in [0.15, 0.2) is 0 Å². The van der Waals surface area contributed by atoms with Crippen LogP contribution in [0.1, 0.15) is 33.4 Å². The third kappa shape index (κ3) is 7.55. The van der Waals surface area contributed by atoms with Gasteiger partial charge < -0.3 is 9.80 Å². The van der Waals surface area contributed by atoms with E-state index in [-0.39, 0.29) is 0 Å². The second kappa shape index (κ2) is 16.6. The predicted octanol–water partition coefficient (Wildman–Crippen LogP) is 18.4. The summed E-state index contributed by atoms with van der Waals surface area (Å²) >= 11 is 0. The van der Waals surface area contributed by atoms with E-state index in [4.69, 9.17) is 0 Å². The topological polar surface area (TPSA) is 6.48 Å². The molecular formula is C64H52N2. The Morgan fingerprint density at radius 1 is 0.227 bits per heavy atom. The van der Waals surface area contributed by atoms with Crippen LogP contribution >= 0.6 is 0 Å². The standard InChI is InChI=1S/C64H52N2/c1-41-15-23-53(24-16-41)65(57-33-43(3)31-44(4)34-57)55-27-29-59-61(39-55)63(51-21-19-47-11-7-9-13-49(47)37-51)60-30-28-56(40-62(60)64(59)52-22-20-48-12-8-10-14-50(48)38-52)66(54-25-17-42(2)18-26-54)58-35-45(5)32-46(6)36-58/h7-40H,1-6H3. The van der Waals surface area contributed by atoms with E-state index < -0.39 is 0 Å². The Balaban J connectivity index is 1.27. The van der Waals surface area contributed by atoms with Crippen LogP contribution in [0.15, 0.2) is 206 Å². The normalized spacial score (nSPS) is 11.5. The molecule has 0 saturated carbocycles. The van der Waals surface area contributed by atoms with Gasteiger partial charge >= 0.3 is 0 Å². The van der Waals surface area contributed by atoms with Gasteiger partial charge in [-0.1, -0.05) is 132 Å². The number of hydrogen-bond donors (Lipinski definition) is 0. The molecule has 0 aliphatic carbocycles. The van der Waals surface area contributed by atoms with E-state index in [0.29, 0.717) is 0 Å². The highest BCUT2D eigenvalue weighted by molar-refractivity contribution is 6.23. The zero-order chi connectivity index (χ0) is 45.1. The van der Waals surface area contributed by atoms with Gasteiger partial charge in [-0.3, -0.25) is 0 Å². The van der Waals surface area contributed by atoms with Gasteiger partial charge in [-0.25, -0.2) is 0 Å². The molecule has 0 aromatic heterocycles. The van der Waals surface area contributed by atoms with Crippen molar-refractivity contribution < 1.29 is 0 Å². The maximum Gasteiger partial charge on any atom is 0.0468 e. The van der Waals surface area contributed by atoms with Gasteiger partial charge in [-0.2, -0.15) is 0 Å². The van der Waals surface area contributed by atoms with E-state index in [1.807, 2.05) is 0 Å². The summed E-state index contributed by atoms with van der Waals surface area (Å²) < 4.78 is 0. The van der Waals surface area contributed by atoms with Gasteiger partial charge in [-0.05, 0) is 214 Å². The van der Waals surface area contributed by atoms with Crippen molar-refractivity contribution in [3.8, 4) is 22.3 Å². The highest BCUT2D eigenvalue weighted by Crippen LogP contribution is 2.49. The van der Waals surface area contributed by atoms with E-state index in [1.165, 1.54) is 98.7 Å². The Morgan fingerprint density at radius 2 is 0.576 bits per heavy atom. The number of anilines is 6. The first-order valence-corrected chi connectivity index (χ1v) is 23.1. The van der Waals surface area contributed by atoms with Crippen LogP contribution in [0.5, 0.6) is 0 Å². The first kappa shape index (κ1) is 40.8. The molecule has 0 amide bonds. The lowest BCUT2D eigenvalue weighted by molar-refractivity contribution is 1.25. The molecule has 0 heterocycles. The molecule has 11 rings (SSSR count). The minimum Gasteiger partial charge on any atom is -0.310 e. The molecule has 0 bridgehead atoms. The molecule has 318 valence electrons. The van der Waals surface area contributed by atoms with Crippen molar-refractivity contribution in [1.82, 2.24) is 0 Å². The van der Waals surface area contributed by atoms with Gasteiger partial charge in [0.05, 0.1) is 0 Å². The molecule has 11 aromatic rings. The first-order valence-electron chi connectivity index (χ1n) is 23.1. The second-order valence-electron chi connectivity index (χ2n) is 18.4. The Bertz CT molecular complexity index is 3370. The molecular weight excluding hydrogens is 797 g/mol. The van der Waals surface area contributed by atoms with Crippen LogP contribution in [0.4, 0.5) is 34.1 Å². The van der Waals surface area contributed by atoms with Crippen molar-refractivity contribution in [3.05, 3.63) is 240 Å². The van der Waals surface area contributed by atoms with Gasteiger partial charge in [0.1, 0.15) is 0 Å². The SMILES string of the molecule is Cc1ccc(N(c2cc(C)cc(C)c2)c2ccc3c(-c4ccc5ccccc5c4)c4cc(N(c5ccc(C)cc5)c5cc(C)cc(C)c5)ccc4c(-c4ccc5ccccc5c4)c3c2)cc1. The molecule has 0 saturated heterocycles. The van der Waals surface area contributed by atoms with Crippen molar-refractivity contribution in [3.63, 3.8) is 0 Å². The number of rotatable bonds is 8. The minimum absolute atomic E-state index is 1.11. The zero-order valence-corrected chi connectivity index (χ0v) is 38.5. The van der Waals surface area contributed by atoms with Crippen molar-refractivity contribution in [1.29, 1.82) is 0 Å². The van der Waals surface area contributed by atoms with Crippen LogP contribution < -0.4 is 9.80 Å². The maximum atomic E-state index is 2.45. The summed E-state index contributed by atoms with van der Waals surface area (Å²) in [5.41, 5.74) is 19.0. The lowest BCUT2D eigenvalue weighted by Crippen LogP contribution is -2.11. The third-order valence-corrected chi connectivity index (χ3v) is 13.2. The summed E-state index contributed by atoms with van der Waals surface area (Å²) in [6, 6.07) is 77.3. The molecule has 2 heteroatoms. The summed E-state index contributed by atoms with van der Waals surface area (Å²) in [4.78, 5) is 4.85. The monoisotopic (exact) mass is 848 g/mol. The predicted molar refractivity (Wildman–Crippen MR) is 285 cm³/mol. The molecule has 0 fully saturated rings. The number of aryl methyl sites for hydroxylation is 6. The van der Waals surface area contributed by atoms with E-state index in [9.17, 15) is 0 Å². The molecule has 0 unspecified atom stereocenters. The Morgan fingerprint density at radius 3 is 0.955 bits per heavy atom. The molecule has 0 spiro atoms.